The van der Waals surface area contributed by atoms with Crippen LogP contribution in [0.5, 0.6) is 0 Å². The number of likely N-dealkylation sites (tertiary alicyclic amines) is 1. The van der Waals surface area contributed by atoms with Gasteiger partial charge in [-0.05, 0) is 33.0 Å². The van der Waals surface area contributed by atoms with Crippen molar-refractivity contribution in [2.24, 2.45) is 13.0 Å². The Labute approximate surface area is 113 Å². The molecule has 1 saturated heterocycles. The fourth-order valence-corrected chi connectivity index (χ4v) is 2.77. The number of hydrogen-bond donors (Lipinski definition) is 1. The van der Waals surface area contributed by atoms with Crippen molar-refractivity contribution in [3.8, 4) is 0 Å². The third-order valence-electron chi connectivity index (χ3n) is 3.77. The molecular formula is C13H22N4O2. The zero-order chi connectivity index (χ0) is 14.0. The van der Waals surface area contributed by atoms with Crippen LogP contribution < -0.4 is 0 Å². The summed E-state index contributed by atoms with van der Waals surface area (Å²) in [6.07, 6.45) is 2.65. The number of carboxylic acids is 1. The number of nitrogens with zero attached hydrogens (tertiary/aromatic N) is 4. The molecular weight excluding hydrogens is 244 g/mol. The molecule has 1 aliphatic rings. The SMILES string of the molecule is CN1CCC(CN(C)Cc2c(C(=O)O)cnn2C)C1. The third-order valence-corrected chi connectivity index (χ3v) is 3.77. The second-order valence-electron chi connectivity index (χ2n) is 5.55. The van der Waals surface area contributed by atoms with E-state index < -0.39 is 5.97 Å². The molecule has 0 aromatic carbocycles. The van der Waals surface area contributed by atoms with Gasteiger partial charge >= 0.3 is 5.97 Å². The molecule has 0 aliphatic carbocycles. The summed E-state index contributed by atoms with van der Waals surface area (Å²) < 4.78 is 1.65. The Balaban J connectivity index is 1.97. The van der Waals surface area contributed by atoms with Gasteiger partial charge in [-0.25, -0.2) is 4.79 Å². The van der Waals surface area contributed by atoms with Crippen LogP contribution in [-0.4, -0.2) is 64.4 Å². The lowest BCUT2D eigenvalue weighted by atomic mass is 10.1. The molecule has 6 nitrogen and oxygen atoms in total. The van der Waals surface area contributed by atoms with Crippen molar-refractivity contribution in [1.82, 2.24) is 19.6 Å². The number of rotatable bonds is 5. The highest BCUT2D eigenvalue weighted by Gasteiger charge is 2.22. The average Bonchev–Trinajstić information content (AvgIpc) is 2.87. The van der Waals surface area contributed by atoms with Gasteiger partial charge in [-0.3, -0.25) is 4.68 Å². The minimum absolute atomic E-state index is 0.304. The molecule has 0 amide bonds. The lowest BCUT2D eigenvalue weighted by Gasteiger charge is -2.21. The van der Waals surface area contributed by atoms with Crippen LogP contribution in [0.3, 0.4) is 0 Å². The van der Waals surface area contributed by atoms with Gasteiger partial charge in [-0.2, -0.15) is 5.10 Å². The highest BCUT2D eigenvalue weighted by Crippen LogP contribution is 2.17. The number of hydrogen-bond acceptors (Lipinski definition) is 4. The van der Waals surface area contributed by atoms with Gasteiger partial charge in [0, 0.05) is 26.7 Å². The van der Waals surface area contributed by atoms with Crippen LogP contribution in [0, 0.1) is 5.92 Å². The van der Waals surface area contributed by atoms with E-state index in [1.165, 1.54) is 12.6 Å². The van der Waals surface area contributed by atoms with E-state index in [4.69, 9.17) is 5.11 Å². The molecule has 1 atom stereocenters. The molecule has 0 bridgehead atoms. The molecule has 0 saturated carbocycles. The summed E-state index contributed by atoms with van der Waals surface area (Å²) in [5, 5.41) is 13.2. The monoisotopic (exact) mass is 266 g/mol. The Hall–Kier alpha value is -1.40. The summed E-state index contributed by atoms with van der Waals surface area (Å²) in [5.41, 5.74) is 1.07. The molecule has 1 N–H and O–H groups in total. The molecule has 106 valence electrons. The van der Waals surface area contributed by atoms with Crippen LogP contribution in [0.2, 0.25) is 0 Å². The van der Waals surface area contributed by atoms with Crippen molar-refractivity contribution in [3.05, 3.63) is 17.5 Å². The zero-order valence-corrected chi connectivity index (χ0v) is 11.8. The molecule has 2 rings (SSSR count). The van der Waals surface area contributed by atoms with Gasteiger partial charge in [0.2, 0.25) is 0 Å². The van der Waals surface area contributed by atoms with Gasteiger partial charge in [0.15, 0.2) is 0 Å². The molecule has 1 fully saturated rings. The third kappa shape index (κ3) is 3.33. The number of carbonyl (C=O) groups is 1. The second-order valence-corrected chi connectivity index (χ2v) is 5.55. The van der Waals surface area contributed by atoms with Crippen LogP contribution in [0.15, 0.2) is 6.20 Å². The summed E-state index contributed by atoms with van der Waals surface area (Å²) in [6.45, 7) is 3.90. The van der Waals surface area contributed by atoms with E-state index in [1.807, 2.05) is 7.05 Å². The maximum absolute atomic E-state index is 11.1. The van der Waals surface area contributed by atoms with Crippen molar-refractivity contribution in [2.45, 2.75) is 13.0 Å². The zero-order valence-electron chi connectivity index (χ0n) is 11.8. The first-order valence-electron chi connectivity index (χ1n) is 6.58. The van der Waals surface area contributed by atoms with Crippen molar-refractivity contribution in [3.63, 3.8) is 0 Å². The Kier molecular flexibility index (Phi) is 4.21. The van der Waals surface area contributed by atoms with E-state index in [0.717, 1.165) is 25.3 Å². The van der Waals surface area contributed by atoms with E-state index >= 15 is 0 Å². The standard InChI is InChI=1S/C13H22N4O2/c1-15-5-4-10(7-15)8-16(2)9-12-11(13(18)19)6-14-17(12)3/h6,10H,4-5,7-9H2,1-3H3,(H,18,19). The highest BCUT2D eigenvalue weighted by molar-refractivity contribution is 5.88. The minimum Gasteiger partial charge on any atom is -0.478 e. The van der Waals surface area contributed by atoms with E-state index in [0.29, 0.717) is 18.0 Å². The fourth-order valence-electron chi connectivity index (χ4n) is 2.77. The smallest absolute Gasteiger partial charge is 0.339 e. The Morgan fingerprint density at radius 2 is 2.32 bits per heavy atom. The second kappa shape index (κ2) is 5.71. The molecule has 2 heterocycles. The van der Waals surface area contributed by atoms with Gasteiger partial charge in [0.25, 0.3) is 0 Å². The van der Waals surface area contributed by atoms with Crippen LogP contribution in [0.25, 0.3) is 0 Å². The van der Waals surface area contributed by atoms with Gasteiger partial charge in [-0.15, -0.1) is 0 Å². The maximum Gasteiger partial charge on any atom is 0.339 e. The summed E-state index contributed by atoms with van der Waals surface area (Å²) in [5.74, 6) is -0.228. The number of aromatic nitrogens is 2. The maximum atomic E-state index is 11.1. The predicted molar refractivity (Wildman–Crippen MR) is 72.1 cm³/mol. The van der Waals surface area contributed by atoms with Crippen LogP contribution in [0.4, 0.5) is 0 Å². The van der Waals surface area contributed by atoms with Gasteiger partial charge in [0.05, 0.1) is 11.9 Å². The van der Waals surface area contributed by atoms with Crippen molar-refractivity contribution in [1.29, 1.82) is 0 Å². The Bertz CT molecular complexity index is 457. The molecule has 1 aromatic rings. The molecule has 6 heteroatoms. The topological polar surface area (TPSA) is 61.6 Å². The van der Waals surface area contributed by atoms with E-state index in [9.17, 15) is 4.79 Å². The van der Waals surface area contributed by atoms with Crippen molar-refractivity contribution < 1.29 is 9.90 Å². The molecule has 0 spiro atoms. The summed E-state index contributed by atoms with van der Waals surface area (Å²) in [7, 11) is 5.97. The first kappa shape index (κ1) is 14.0. The molecule has 19 heavy (non-hydrogen) atoms. The fraction of sp³-hybridized carbons (Fsp3) is 0.692. The summed E-state index contributed by atoms with van der Waals surface area (Å²) in [4.78, 5) is 15.7. The first-order valence-corrected chi connectivity index (χ1v) is 6.58. The van der Waals surface area contributed by atoms with E-state index in [1.54, 1.807) is 11.7 Å². The Morgan fingerprint density at radius 3 is 2.89 bits per heavy atom. The molecule has 1 unspecified atom stereocenters. The number of aromatic carboxylic acids is 1. The minimum atomic E-state index is -0.905. The summed E-state index contributed by atoms with van der Waals surface area (Å²) >= 11 is 0. The van der Waals surface area contributed by atoms with Crippen molar-refractivity contribution >= 4 is 5.97 Å². The summed E-state index contributed by atoms with van der Waals surface area (Å²) in [6, 6.07) is 0. The number of carboxylic acid groups (broad SMARTS) is 1. The number of aryl methyl sites for hydroxylation is 1. The van der Waals surface area contributed by atoms with E-state index in [-0.39, 0.29) is 0 Å². The van der Waals surface area contributed by atoms with Gasteiger partial charge < -0.3 is 14.9 Å². The predicted octanol–water partition coefficient (Wildman–Crippen LogP) is 0.502. The van der Waals surface area contributed by atoms with Gasteiger partial charge in [0.1, 0.15) is 5.56 Å². The van der Waals surface area contributed by atoms with Crippen molar-refractivity contribution in [2.75, 3.05) is 33.7 Å². The highest BCUT2D eigenvalue weighted by atomic mass is 16.4. The van der Waals surface area contributed by atoms with Gasteiger partial charge in [-0.1, -0.05) is 0 Å². The molecule has 0 radical (unpaired) electrons. The molecule has 1 aromatic heterocycles. The lowest BCUT2D eigenvalue weighted by molar-refractivity contribution is 0.0694. The Morgan fingerprint density at radius 1 is 1.58 bits per heavy atom. The first-order chi connectivity index (χ1) is 8.97. The van der Waals surface area contributed by atoms with Crippen LogP contribution >= 0.6 is 0 Å². The lowest BCUT2D eigenvalue weighted by Crippen LogP contribution is -2.28. The van der Waals surface area contributed by atoms with Crippen LogP contribution in [0.1, 0.15) is 22.5 Å². The largest absolute Gasteiger partial charge is 0.478 e. The average molecular weight is 266 g/mol. The normalized spacial score (nSPS) is 20.3. The van der Waals surface area contributed by atoms with Crippen LogP contribution in [-0.2, 0) is 13.6 Å². The van der Waals surface area contributed by atoms with E-state index in [2.05, 4.69) is 21.9 Å². The molecule has 1 aliphatic heterocycles. The quantitative estimate of drug-likeness (QED) is 0.841.